The second-order valence-electron chi connectivity index (χ2n) is 2.97. The van der Waals surface area contributed by atoms with E-state index in [2.05, 4.69) is 48.4 Å². The van der Waals surface area contributed by atoms with Crippen LogP contribution in [0.1, 0.15) is 12.6 Å². The van der Waals surface area contributed by atoms with Gasteiger partial charge in [0.2, 0.25) is 0 Å². The maximum Gasteiger partial charge on any atom is 0.170 e. The van der Waals surface area contributed by atoms with Gasteiger partial charge < -0.3 is 0 Å². The summed E-state index contributed by atoms with van der Waals surface area (Å²) in [6, 6.07) is 0. The fraction of sp³-hybridized carbons (Fsp3) is 0.111. The van der Waals surface area contributed by atoms with Gasteiger partial charge >= 0.3 is 0 Å². The summed E-state index contributed by atoms with van der Waals surface area (Å²) in [5.41, 5.74) is 2.76. The predicted molar refractivity (Wildman–Crippen MR) is 63.1 cm³/mol. The Morgan fingerprint density at radius 1 is 1.50 bits per heavy atom. The van der Waals surface area contributed by atoms with Gasteiger partial charge in [0, 0.05) is 6.20 Å². The Bertz CT molecular complexity index is 516. The summed E-state index contributed by atoms with van der Waals surface area (Å²) in [4.78, 5) is 8.45. The minimum Gasteiger partial charge on any atom is -0.295 e. The van der Waals surface area contributed by atoms with Crippen LogP contribution < -0.4 is 0 Å². The molecule has 0 aliphatic carbocycles. The Labute approximate surface area is 98.1 Å². The number of halogens is 2. The Morgan fingerprint density at radius 2 is 2.21 bits per heavy atom. The first-order chi connectivity index (χ1) is 6.59. The average molecular weight is 317 g/mol. The first kappa shape index (κ1) is 9.86. The van der Waals surface area contributed by atoms with E-state index in [-0.39, 0.29) is 0 Å². The number of nitrogens with zero attached hydrogens (tertiary/aromatic N) is 3. The lowest BCUT2D eigenvalue weighted by Crippen LogP contribution is -1.93. The van der Waals surface area contributed by atoms with Gasteiger partial charge in [-0.05, 0) is 44.4 Å². The summed E-state index contributed by atoms with van der Waals surface area (Å²) in [6.45, 7) is 5.85. The molecule has 0 saturated heterocycles. The van der Waals surface area contributed by atoms with E-state index in [1.165, 1.54) is 0 Å². The maximum atomic E-state index is 4.25. The van der Waals surface area contributed by atoms with Crippen LogP contribution in [0.25, 0.3) is 11.2 Å². The molecule has 2 heterocycles. The van der Waals surface area contributed by atoms with Gasteiger partial charge in [0.1, 0.15) is 4.60 Å². The van der Waals surface area contributed by atoms with Crippen molar-refractivity contribution in [2.75, 3.05) is 0 Å². The molecule has 2 aromatic heterocycles. The van der Waals surface area contributed by atoms with E-state index in [4.69, 9.17) is 0 Å². The lowest BCUT2D eigenvalue weighted by Gasteiger charge is -2.01. The molecule has 0 aliphatic heterocycles. The summed E-state index contributed by atoms with van der Waals surface area (Å²) >= 11 is 6.69. The maximum absolute atomic E-state index is 4.25. The van der Waals surface area contributed by atoms with Crippen LogP contribution >= 0.6 is 31.9 Å². The van der Waals surface area contributed by atoms with Crippen molar-refractivity contribution < 1.29 is 0 Å². The molecule has 72 valence electrons. The van der Waals surface area contributed by atoms with Gasteiger partial charge in [0.25, 0.3) is 0 Å². The minimum atomic E-state index is 0.722. The zero-order valence-corrected chi connectivity index (χ0v) is 10.6. The monoisotopic (exact) mass is 315 g/mol. The molecule has 0 aliphatic rings. The van der Waals surface area contributed by atoms with Gasteiger partial charge in [-0.1, -0.05) is 6.58 Å². The number of hydrogen-bond acceptors (Lipinski definition) is 2. The third-order valence-electron chi connectivity index (χ3n) is 1.86. The Balaban J connectivity index is 2.85. The molecule has 14 heavy (non-hydrogen) atoms. The highest BCUT2D eigenvalue weighted by Crippen LogP contribution is 2.22. The van der Waals surface area contributed by atoms with Crippen molar-refractivity contribution in [3.8, 4) is 0 Å². The van der Waals surface area contributed by atoms with Crippen LogP contribution in [0.3, 0.4) is 0 Å². The normalized spacial score (nSPS) is 10.8. The van der Waals surface area contributed by atoms with Gasteiger partial charge in [0.15, 0.2) is 10.3 Å². The summed E-state index contributed by atoms with van der Waals surface area (Å²) < 4.78 is 3.43. The number of fused-ring (bicyclic) bond motifs is 1. The number of hydrogen-bond donors (Lipinski definition) is 0. The molecular formula is C9H7Br2N3. The molecule has 0 unspecified atom stereocenters. The Kier molecular flexibility index (Phi) is 2.45. The van der Waals surface area contributed by atoms with Crippen molar-refractivity contribution in [1.29, 1.82) is 0 Å². The van der Waals surface area contributed by atoms with Crippen molar-refractivity contribution in [2.45, 2.75) is 6.92 Å². The van der Waals surface area contributed by atoms with E-state index in [0.717, 1.165) is 26.1 Å². The van der Waals surface area contributed by atoms with Gasteiger partial charge in [-0.2, -0.15) is 0 Å². The van der Waals surface area contributed by atoms with Crippen LogP contribution in [0.5, 0.6) is 0 Å². The topological polar surface area (TPSA) is 30.2 Å². The highest BCUT2D eigenvalue weighted by molar-refractivity contribution is 9.11. The largest absolute Gasteiger partial charge is 0.295 e. The Morgan fingerprint density at radius 3 is 2.86 bits per heavy atom. The molecule has 0 atom stereocenters. The quantitative estimate of drug-likeness (QED) is 0.808. The zero-order valence-electron chi connectivity index (χ0n) is 7.46. The van der Waals surface area contributed by atoms with Crippen molar-refractivity contribution in [1.82, 2.24) is 14.4 Å². The SMILES string of the molecule is C=C(C)c1cnc2c(Br)nc(Br)cn12. The first-order valence-corrected chi connectivity index (χ1v) is 5.53. The van der Waals surface area contributed by atoms with Crippen molar-refractivity contribution >= 4 is 43.1 Å². The molecule has 2 aromatic rings. The van der Waals surface area contributed by atoms with Crippen LogP contribution in [0, 0.1) is 0 Å². The lowest BCUT2D eigenvalue weighted by atomic mass is 10.3. The summed E-state index contributed by atoms with van der Waals surface area (Å²) in [5, 5.41) is 0. The molecular weight excluding hydrogens is 310 g/mol. The van der Waals surface area contributed by atoms with E-state index >= 15 is 0 Å². The highest BCUT2D eigenvalue weighted by atomic mass is 79.9. The predicted octanol–water partition coefficient (Wildman–Crippen LogP) is 3.29. The number of imidazole rings is 1. The fourth-order valence-electron chi connectivity index (χ4n) is 1.24. The molecule has 3 nitrogen and oxygen atoms in total. The molecule has 2 rings (SSSR count). The van der Waals surface area contributed by atoms with E-state index in [1.54, 1.807) is 6.20 Å². The molecule has 0 aromatic carbocycles. The van der Waals surface area contributed by atoms with Crippen LogP contribution in [0.2, 0.25) is 0 Å². The summed E-state index contributed by atoms with van der Waals surface area (Å²) in [6.07, 6.45) is 3.66. The van der Waals surface area contributed by atoms with Gasteiger partial charge in [-0.3, -0.25) is 4.40 Å². The van der Waals surface area contributed by atoms with E-state index < -0.39 is 0 Å². The van der Waals surface area contributed by atoms with Crippen LogP contribution in [0.4, 0.5) is 0 Å². The molecule has 0 radical (unpaired) electrons. The van der Waals surface area contributed by atoms with Crippen molar-refractivity contribution in [3.63, 3.8) is 0 Å². The highest BCUT2D eigenvalue weighted by Gasteiger charge is 2.08. The molecule has 0 N–H and O–H groups in total. The third-order valence-corrected chi connectivity index (χ3v) is 2.77. The Hall–Kier alpha value is -0.680. The number of aromatic nitrogens is 3. The second kappa shape index (κ2) is 3.47. The standard InChI is InChI=1S/C9H7Br2N3/c1-5(2)6-3-12-9-8(11)13-7(10)4-14(6)9/h3-4H,1H2,2H3. The van der Waals surface area contributed by atoms with E-state index in [0.29, 0.717) is 0 Å². The van der Waals surface area contributed by atoms with Crippen LogP contribution in [-0.2, 0) is 0 Å². The van der Waals surface area contributed by atoms with E-state index in [1.807, 2.05) is 17.5 Å². The molecule has 0 amide bonds. The molecule has 0 fully saturated rings. The van der Waals surface area contributed by atoms with Gasteiger partial charge in [0.05, 0.1) is 11.9 Å². The average Bonchev–Trinajstić information content (AvgIpc) is 2.47. The summed E-state index contributed by atoms with van der Waals surface area (Å²) in [5.74, 6) is 0. The van der Waals surface area contributed by atoms with Gasteiger partial charge in [-0.15, -0.1) is 0 Å². The molecule has 0 spiro atoms. The molecule has 5 heteroatoms. The van der Waals surface area contributed by atoms with Crippen LogP contribution in [0.15, 0.2) is 28.2 Å². The fourth-order valence-corrected chi connectivity index (χ4v) is 2.34. The molecule has 0 bridgehead atoms. The minimum absolute atomic E-state index is 0.722. The third kappa shape index (κ3) is 1.50. The van der Waals surface area contributed by atoms with Crippen molar-refractivity contribution in [2.24, 2.45) is 0 Å². The second-order valence-corrected chi connectivity index (χ2v) is 4.54. The van der Waals surface area contributed by atoms with Crippen molar-refractivity contribution in [3.05, 3.63) is 33.9 Å². The van der Waals surface area contributed by atoms with Gasteiger partial charge in [-0.25, -0.2) is 9.97 Å². The summed E-state index contributed by atoms with van der Waals surface area (Å²) in [7, 11) is 0. The number of rotatable bonds is 1. The smallest absolute Gasteiger partial charge is 0.170 e. The zero-order chi connectivity index (χ0) is 10.3. The lowest BCUT2D eigenvalue weighted by molar-refractivity contribution is 1.06. The number of allylic oxidation sites excluding steroid dienone is 1. The van der Waals surface area contributed by atoms with E-state index in [9.17, 15) is 0 Å². The molecule has 0 saturated carbocycles. The van der Waals surface area contributed by atoms with Crippen LogP contribution in [-0.4, -0.2) is 14.4 Å². The first-order valence-electron chi connectivity index (χ1n) is 3.94.